The molecule has 1 amide bonds. The lowest BCUT2D eigenvalue weighted by Crippen LogP contribution is -2.50. The van der Waals surface area contributed by atoms with Crippen molar-refractivity contribution < 1.29 is 4.79 Å². The molecule has 1 saturated carbocycles. The SMILES string of the molecule is CCCCC(CC)C(=O)NC(C(N)=S)C1CCCCC1. The Morgan fingerprint density at radius 3 is 2.45 bits per heavy atom. The first-order valence-electron chi connectivity index (χ1n) is 8.19. The first kappa shape index (κ1) is 17.4. The summed E-state index contributed by atoms with van der Waals surface area (Å²) in [5.41, 5.74) is 5.87. The maximum Gasteiger partial charge on any atom is 0.223 e. The molecular formula is C16H30N2OS. The van der Waals surface area contributed by atoms with Crippen LogP contribution in [0.25, 0.3) is 0 Å². The topological polar surface area (TPSA) is 55.1 Å². The number of nitrogens with two attached hydrogens (primary N) is 1. The van der Waals surface area contributed by atoms with Gasteiger partial charge in [0.25, 0.3) is 0 Å². The summed E-state index contributed by atoms with van der Waals surface area (Å²) in [6.07, 6.45) is 10.1. The zero-order valence-electron chi connectivity index (χ0n) is 13.0. The molecule has 0 aromatic rings. The molecular weight excluding hydrogens is 268 g/mol. The monoisotopic (exact) mass is 298 g/mol. The molecule has 2 unspecified atom stereocenters. The smallest absolute Gasteiger partial charge is 0.223 e. The van der Waals surface area contributed by atoms with Crippen LogP contribution in [0, 0.1) is 11.8 Å². The van der Waals surface area contributed by atoms with E-state index in [1.54, 1.807) is 0 Å². The van der Waals surface area contributed by atoms with Crippen molar-refractivity contribution in [3.63, 3.8) is 0 Å². The summed E-state index contributed by atoms with van der Waals surface area (Å²) in [6.45, 7) is 4.24. The van der Waals surface area contributed by atoms with Gasteiger partial charge in [0.15, 0.2) is 0 Å². The van der Waals surface area contributed by atoms with Crippen molar-refractivity contribution in [2.75, 3.05) is 0 Å². The predicted molar refractivity (Wildman–Crippen MR) is 88.6 cm³/mol. The number of carbonyl (C=O) groups is 1. The molecule has 1 aliphatic carbocycles. The van der Waals surface area contributed by atoms with Crippen LogP contribution in [0.1, 0.15) is 71.6 Å². The normalized spacial score (nSPS) is 19.3. The third-order valence-electron chi connectivity index (χ3n) is 4.50. The minimum absolute atomic E-state index is 0.103. The van der Waals surface area contributed by atoms with Gasteiger partial charge in [0, 0.05) is 5.92 Å². The molecule has 3 N–H and O–H groups in total. The van der Waals surface area contributed by atoms with Crippen LogP contribution in [0.2, 0.25) is 0 Å². The van der Waals surface area contributed by atoms with Crippen molar-refractivity contribution in [3.8, 4) is 0 Å². The van der Waals surface area contributed by atoms with Crippen molar-refractivity contribution in [2.24, 2.45) is 17.6 Å². The van der Waals surface area contributed by atoms with Gasteiger partial charge in [-0.15, -0.1) is 0 Å². The first-order valence-corrected chi connectivity index (χ1v) is 8.60. The minimum Gasteiger partial charge on any atom is -0.392 e. The van der Waals surface area contributed by atoms with Gasteiger partial charge in [-0.25, -0.2) is 0 Å². The third-order valence-corrected chi connectivity index (χ3v) is 4.75. The van der Waals surface area contributed by atoms with Gasteiger partial charge < -0.3 is 11.1 Å². The van der Waals surface area contributed by atoms with Gasteiger partial charge in [-0.3, -0.25) is 4.79 Å². The van der Waals surface area contributed by atoms with Crippen LogP contribution < -0.4 is 11.1 Å². The summed E-state index contributed by atoms with van der Waals surface area (Å²) < 4.78 is 0. The Hall–Kier alpha value is -0.640. The summed E-state index contributed by atoms with van der Waals surface area (Å²) in [5, 5.41) is 3.14. The number of carbonyl (C=O) groups excluding carboxylic acids is 1. The van der Waals surface area contributed by atoms with Crippen LogP contribution in [0.5, 0.6) is 0 Å². The summed E-state index contributed by atoms with van der Waals surface area (Å²) in [5.74, 6) is 0.689. The van der Waals surface area contributed by atoms with E-state index in [2.05, 4.69) is 19.2 Å². The van der Waals surface area contributed by atoms with Gasteiger partial charge in [0.05, 0.1) is 11.0 Å². The van der Waals surface area contributed by atoms with Gasteiger partial charge >= 0.3 is 0 Å². The molecule has 0 bridgehead atoms. The molecule has 0 aromatic heterocycles. The molecule has 116 valence electrons. The Morgan fingerprint density at radius 1 is 1.30 bits per heavy atom. The van der Waals surface area contributed by atoms with Gasteiger partial charge in [-0.05, 0) is 31.6 Å². The van der Waals surface area contributed by atoms with Crippen LogP contribution in [-0.2, 0) is 4.79 Å². The zero-order chi connectivity index (χ0) is 15.0. The highest BCUT2D eigenvalue weighted by Crippen LogP contribution is 2.27. The average Bonchev–Trinajstić information content (AvgIpc) is 2.46. The number of unbranched alkanes of at least 4 members (excludes halogenated alkanes) is 1. The molecule has 1 fully saturated rings. The second-order valence-corrected chi connectivity index (χ2v) is 6.51. The number of rotatable bonds is 8. The van der Waals surface area contributed by atoms with E-state index >= 15 is 0 Å². The highest BCUT2D eigenvalue weighted by Gasteiger charge is 2.28. The number of hydrogen-bond acceptors (Lipinski definition) is 2. The van der Waals surface area contributed by atoms with Crippen LogP contribution >= 0.6 is 12.2 Å². The fourth-order valence-electron chi connectivity index (χ4n) is 3.13. The Morgan fingerprint density at radius 2 is 1.95 bits per heavy atom. The molecule has 0 aliphatic heterocycles. The second-order valence-electron chi connectivity index (χ2n) is 6.03. The molecule has 0 heterocycles. The van der Waals surface area contributed by atoms with Gasteiger partial charge in [-0.2, -0.15) is 0 Å². The molecule has 0 saturated heterocycles. The average molecular weight is 298 g/mol. The zero-order valence-corrected chi connectivity index (χ0v) is 13.8. The molecule has 0 aromatic carbocycles. The van der Waals surface area contributed by atoms with E-state index in [1.807, 2.05) is 0 Å². The van der Waals surface area contributed by atoms with Gasteiger partial charge in [0.2, 0.25) is 5.91 Å². The van der Waals surface area contributed by atoms with E-state index in [0.717, 1.165) is 38.5 Å². The summed E-state index contributed by atoms with van der Waals surface area (Å²) >= 11 is 5.19. The van der Waals surface area contributed by atoms with Gasteiger partial charge in [0.1, 0.15) is 0 Å². The lowest BCUT2D eigenvalue weighted by molar-refractivity contribution is -0.126. The molecule has 2 atom stereocenters. The van der Waals surface area contributed by atoms with E-state index in [9.17, 15) is 4.79 Å². The van der Waals surface area contributed by atoms with E-state index in [-0.39, 0.29) is 17.9 Å². The Balaban J connectivity index is 2.59. The third kappa shape index (κ3) is 5.39. The maximum absolute atomic E-state index is 12.4. The molecule has 1 aliphatic rings. The Bertz CT molecular complexity index is 314. The molecule has 0 spiro atoms. The van der Waals surface area contributed by atoms with Crippen LogP contribution in [-0.4, -0.2) is 16.9 Å². The number of thiocarbonyl (C=S) groups is 1. The van der Waals surface area contributed by atoms with Crippen LogP contribution in [0.15, 0.2) is 0 Å². The van der Waals surface area contributed by atoms with Crippen molar-refractivity contribution in [2.45, 2.75) is 77.7 Å². The molecule has 20 heavy (non-hydrogen) atoms. The second kappa shape index (κ2) is 9.32. The minimum atomic E-state index is -0.103. The van der Waals surface area contributed by atoms with Crippen molar-refractivity contribution >= 4 is 23.1 Å². The number of nitrogens with one attached hydrogen (secondary N) is 1. The van der Waals surface area contributed by atoms with Crippen LogP contribution in [0.4, 0.5) is 0 Å². The standard InChI is InChI=1S/C16H30N2OS/c1-3-5-9-12(4-2)16(19)18-14(15(17)20)13-10-7-6-8-11-13/h12-14H,3-11H2,1-2H3,(H2,17,20)(H,18,19). The Kier molecular flexibility index (Phi) is 8.12. The number of hydrogen-bond donors (Lipinski definition) is 2. The molecule has 4 heteroatoms. The van der Waals surface area contributed by atoms with Crippen molar-refractivity contribution in [1.29, 1.82) is 0 Å². The van der Waals surface area contributed by atoms with E-state index < -0.39 is 0 Å². The maximum atomic E-state index is 12.4. The fraction of sp³-hybridized carbons (Fsp3) is 0.875. The van der Waals surface area contributed by atoms with E-state index in [4.69, 9.17) is 18.0 Å². The first-order chi connectivity index (χ1) is 9.60. The van der Waals surface area contributed by atoms with Crippen molar-refractivity contribution in [1.82, 2.24) is 5.32 Å². The highest BCUT2D eigenvalue weighted by molar-refractivity contribution is 7.80. The van der Waals surface area contributed by atoms with E-state index in [0.29, 0.717) is 10.9 Å². The van der Waals surface area contributed by atoms with Crippen molar-refractivity contribution in [3.05, 3.63) is 0 Å². The summed E-state index contributed by atoms with van der Waals surface area (Å²) in [4.78, 5) is 12.9. The largest absolute Gasteiger partial charge is 0.392 e. The number of amides is 1. The predicted octanol–water partition coefficient (Wildman–Crippen LogP) is 3.55. The Labute approximate surface area is 129 Å². The fourth-order valence-corrected chi connectivity index (χ4v) is 3.38. The summed E-state index contributed by atoms with van der Waals surface area (Å²) in [6, 6.07) is -0.103. The lowest BCUT2D eigenvalue weighted by atomic mass is 9.83. The molecule has 1 rings (SSSR count). The molecule has 3 nitrogen and oxygen atoms in total. The quantitative estimate of drug-likeness (QED) is 0.674. The van der Waals surface area contributed by atoms with Crippen LogP contribution in [0.3, 0.4) is 0 Å². The summed E-state index contributed by atoms with van der Waals surface area (Å²) in [7, 11) is 0. The van der Waals surface area contributed by atoms with E-state index in [1.165, 1.54) is 19.3 Å². The lowest BCUT2D eigenvalue weighted by Gasteiger charge is -2.31. The van der Waals surface area contributed by atoms with Gasteiger partial charge in [-0.1, -0.05) is 58.2 Å². The molecule has 0 radical (unpaired) electrons. The highest BCUT2D eigenvalue weighted by atomic mass is 32.1.